The lowest BCUT2D eigenvalue weighted by molar-refractivity contribution is -0.161. The van der Waals surface area contributed by atoms with Crippen molar-refractivity contribution >= 4 is 17.6 Å². The van der Waals surface area contributed by atoms with Crippen molar-refractivity contribution in [3.8, 4) is 0 Å². The van der Waals surface area contributed by atoms with Crippen molar-refractivity contribution in [2.45, 2.75) is 32.8 Å². The zero-order valence-corrected chi connectivity index (χ0v) is 13.1. The van der Waals surface area contributed by atoms with Crippen molar-refractivity contribution < 1.29 is 14.3 Å². The Labute approximate surface area is 126 Å². The standard InChI is InChI=1S/C17H23NO3/c1-6-10-14(16(20)21-17(2,3)4)15(19)18(5)13-11-8-7-9-12-13/h6-9,11-12,14H,1,10H2,2-5H3. The minimum atomic E-state index is -0.869. The second-order valence-corrected chi connectivity index (χ2v) is 5.84. The fourth-order valence-corrected chi connectivity index (χ4v) is 1.85. The van der Waals surface area contributed by atoms with E-state index in [0.717, 1.165) is 5.69 Å². The Morgan fingerprint density at radius 1 is 1.29 bits per heavy atom. The van der Waals surface area contributed by atoms with Gasteiger partial charge in [-0.25, -0.2) is 0 Å². The summed E-state index contributed by atoms with van der Waals surface area (Å²) in [5, 5.41) is 0. The van der Waals surface area contributed by atoms with Crippen LogP contribution in [0.1, 0.15) is 27.2 Å². The highest BCUT2D eigenvalue weighted by Gasteiger charge is 2.32. The molecule has 0 heterocycles. The molecule has 1 rings (SSSR count). The average Bonchev–Trinajstić information content (AvgIpc) is 2.42. The molecule has 0 aliphatic heterocycles. The van der Waals surface area contributed by atoms with E-state index in [9.17, 15) is 9.59 Å². The van der Waals surface area contributed by atoms with Crippen LogP contribution >= 0.6 is 0 Å². The summed E-state index contributed by atoms with van der Waals surface area (Å²) in [6, 6.07) is 9.19. The Hall–Kier alpha value is -2.10. The normalized spacial score (nSPS) is 12.4. The first-order valence-corrected chi connectivity index (χ1v) is 6.92. The second kappa shape index (κ2) is 7.07. The van der Waals surface area contributed by atoms with Crippen molar-refractivity contribution in [3.05, 3.63) is 43.0 Å². The van der Waals surface area contributed by atoms with Gasteiger partial charge in [0, 0.05) is 12.7 Å². The number of nitrogens with zero attached hydrogens (tertiary/aromatic N) is 1. The van der Waals surface area contributed by atoms with Crippen LogP contribution in [0.25, 0.3) is 0 Å². The van der Waals surface area contributed by atoms with Crippen molar-refractivity contribution in [2.24, 2.45) is 5.92 Å². The lowest BCUT2D eigenvalue weighted by atomic mass is 10.0. The maximum atomic E-state index is 12.5. The zero-order valence-electron chi connectivity index (χ0n) is 13.1. The SMILES string of the molecule is C=CCC(C(=O)OC(C)(C)C)C(=O)N(C)c1ccccc1. The first-order valence-electron chi connectivity index (χ1n) is 6.92. The second-order valence-electron chi connectivity index (χ2n) is 5.84. The lowest BCUT2D eigenvalue weighted by Crippen LogP contribution is -2.40. The van der Waals surface area contributed by atoms with Crippen LogP contribution in [0.4, 0.5) is 5.69 Å². The largest absolute Gasteiger partial charge is 0.459 e. The highest BCUT2D eigenvalue weighted by molar-refractivity contribution is 6.06. The molecule has 0 saturated carbocycles. The van der Waals surface area contributed by atoms with Crippen molar-refractivity contribution in [1.82, 2.24) is 0 Å². The Bertz CT molecular complexity index is 503. The fraction of sp³-hybridized carbons (Fsp3) is 0.412. The number of hydrogen-bond donors (Lipinski definition) is 0. The summed E-state index contributed by atoms with van der Waals surface area (Å²) in [6.07, 6.45) is 1.82. The van der Waals surface area contributed by atoms with E-state index in [4.69, 9.17) is 4.74 Å². The first-order chi connectivity index (χ1) is 9.76. The van der Waals surface area contributed by atoms with Gasteiger partial charge in [0.2, 0.25) is 5.91 Å². The third-order valence-corrected chi connectivity index (χ3v) is 2.87. The maximum Gasteiger partial charge on any atom is 0.319 e. The van der Waals surface area contributed by atoms with E-state index in [1.165, 1.54) is 4.90 Å². The fourth-order valence-electron chi connectivity index (χ4n) is 1.85. The summed E-state index contributed by atoms with van der Waals surface area (Å²) in [6.45, 7) is 8.95. The van der Waals surface area contributed by atoms with Gasteiger partial charge in [-0.05, 0) is 39.3 Å². The molecular formula is C17H23NO3. The predicted molar refractivity (Wildman–Crippen MR) is 84.0 cm³/mol. The van der Waals surface area contributed by atoms with Crippen LogP contribution in [0, 0.1) is 5.92 Å². The Morgan fingerprint density at radius 2 is 1.86 bits per heavy atom. The molecule has 0 aliphatic rings. The number of carbonyl (C=O) groups excluding carboxylic acids is 2. The Morgan fingerprint density at radius 3 is 2.33 bits per heavy atom. The highest BCUT2D eigenvalue weighted by Crippen LogP contribution is 2.20. The van der Waals surface area contributed by atoms with Gasteiger partial charge in [-0.2, -0.15) is 0 Å². The van der Waals surface area contributed by atoms with Gasteiger partial charge in [-0.1, -0.05) is 24.3 Å². The molecule has 4 heteroatoms. The first kappa shape index (κ1) is 17.0. The molecule has 21 heavy (non-hydrogen) atoms. The number of hydrogen-bond acceptors (Lipinski definition) is 3. The van der Waals surface area contributed by atoms with Gasteiger partial charge in [-0.15, -0.1) is 6.58 Å². The number of allylic oxidation sites excluding steroid dienone is 1. The predicted octanol–water partition coefficient (Wildman–Crippen LogP) is 3.18. The van der Waals surface area contributed by atoms with Gasteiger partial charge < -0.3 is 9.64 Å². The molecule has 0 fully saturated rings. The van der Waals surface area contributed by atoms with Crippen LogP contribution in [0.3, 0.4) is 0 Å². The number of carbonyl (C=O) groups is 2. The minimum Gasteiger partial charge on any atom is -0.459 e. The topological polar surface area (TPSA) is 46.6 Å². The van der Waals surface area contributed by atoms with E-state index >= 15 is 0 Å². The number of rotatable bonds is 5. The number of benzene rings is 1. The van der Waals surface area contributed by atoms with Crippen LogP contribution in [-0.4, -0.2) is 24.5 Å². The van der Waals surface area contributed by atoms with E-state index in [2.05, 4.69) is 6.58 Å². The molecule has 0 aromatic heterocycles. The summed E-state index contributed by atoms with van der Waals surface area (Å²) < 4.78 is 5.33. The molecule has 0 saturated heterocycles. The molecule has 1 aromatic carbocycles. The lowest BCUT2D eigenvalue weighted by Gasteiger charge is -2.26. The van der Waals surface area contributed by atoms with E-state index in [1.54, 1.807) is 33.9 Å². The number of amides is 1. The van der Waals surface area contributed by atoms with E-state index < -0.39 is 17.5 Å². The molecule has 1 unspecified atom stereocenters. The van der Waals surface area contributed by atoms with Crippen LogP contribution in [-0.2, 0) is 14.3 Å². The van der Waals surface area contributed by atoms with Gasteiger partial charge in [0.05, 0.1) is 0 Å². The molecule has 114 valence electrons. The van der Waals surface area contributed by atoms with Crippen molar-refractivity contribution in [3.63, 3.8) is 0 Å². The van der Waals surface area contributed by atoms with Gasteiger partial charge in [0.1, 0.15) is 11.5 Å². The third-order valence-electron chi connectivity index (χ3n) is 2.87. The minimum absolute atomic E-state index is 0.255. The molecule has 0 spiro atoms. The smallest absolute Gasteiger partial charge is 0.319 e. The molecule has 0 N–H and O–H groups in total. The molecule has 1 aromatic rings. The molecule has 0 radical (unpaired) electrons. The van der Waals surface area contributed by atoms with Crippen molar-refractivity contribution in [2.75, 3.05) is 11.9 Å². The summed E-state index contributed by atoms with van der Waals surface area (Å²) in [7, 11) is 1.65. The van der Waals surface area contributed by atoms with Crippen LogP contribution in [0.2, 0.25) is 0 Å². The number of ether oxygens (including phenoxy) is 1. The van der Waals surface area contributed by atoms with Gasteiger partial charge in [-0.3, -0.25) is 9.59 Å². The van der Waals surface area contributed by atoms with Gasteiger partial charge in [0.15, 0.2) is 0 Å². The quantitative estimate of drug-likeness (QED) is 0.475. The summed E-state index contributed by atoms with van der Waals surface area (Å²) >= 11 is 0. The van der Waals surface area contributed by atoms with Gasteiger partial charge in [0.25, 0.3) is 0 Å². The van der Waals surface area contributed by atoms with Crippen LogP contribution < -0.4 is 4.90 Å². The molecule has 1 atom stereocenters. The average molecular weight is 289 g/mol. The van der Waals surface area contributed by atoms with Crippen molar-refractivity contribution in [1.29, 1.82) is 0 Å². The van der Waals surface area contributed by atoms with Crippen LogP contribution in [0.15, 0.2) is 43.0 Å². The Kier molecular flexibility index (Phi) is 5.70. The maximum absolute atomic E-state index is 12.5. The molecule has 4 nitrogen and oxygen atoms in total. The highest BCUT2D eigenvalue weighted by atomic mass is 16.6. The monoisotopic (exact) mass is 289 g/mol. The number of anilines is 1. The summed E-state index contributed by atoms with van der Waals surface area (Å²) in [5.74, 6) is -1.68. The molecular weight excluding hydrogens is 266 g/mol. The number of para-hydroxylation sites is 1. The summed E-state index contributed by atoms with van der Waals surface area (Å²) in [5.41, 5.74) is 0.113. The molecule has 1 amide bonds. The Balaban J connectivity index is 2.92. The summed E-state index contributed by atoms with van der Waals surface area (Å²) in [4.78, 5) is 26.2. The molecule has 0 aliphatic carbocycles. The van der Waals surface area contributed by atoms with E-state index in [0.29, 0.717) is 0 Å². The zero-order chi connectivity index (χ0) is 16.0. The van der Waals surface area contributed by atoms with E-state index in [1.807, 2.05) is 30.3 Å². The van der Waals surface area contributed by atoms with Crippen LogP contribution in [0.5, 0.6) is 0 Å². The van der Waals surface area contributed by atoms with E-state index in [-0.39, 0.29) is 12.3 Å². The third kappa shape index (κ3) is 5.06. The molecule has 0 bridgehead atoms. The number of esters is 1. The van der Waals surface area contributed by atoms with Gasteiger partial charge >= 0.3 is 5.97 Å².